The van der Waals surface area contributed by atoms with Crippen LogP contribution in [0.15, 0.2) is 12.4 Å². The first-order chi connectivity index (χ1) is 13.7. The van der Waals surface area contributed by atoms with E-state index in [1.165, 1.54) is 0 Å². The SMILES string of the molecule is O=C(CCC(F)(F)F)N[C@H]1CC[C@H](C(=O)NCCc2cn[nH]c2)C[C@@H]1O.O=CO. The highest BCUT2D eigenvalue weighted by molar-refractivity contribution is 5.79. The Balaban J connectivity index is 0.00000132. The molecule has 1 aromatic rings. The molecule has 1 saturated carbocycles. The maximum atomic E-state index is 12.2. The van der Waals surface area contributed by atoms with E-state index in [-0.39, 0.29) is 24.7 Å². The number of aliphatic hydroxyl groups is 1. The number of hydrogen-bond acceptors (Lipinski definition) is 5. The van der Waals surface area contributed by atoms with Crippen molar-refractivity contribution >= 4 is 18.3 Å². The molecule has 1 aliphatic carbocycles. The van der Waals surface area contributed by atoms with Gasteiger partial charge >= 0.3 is 6.18 Å². The molecule has 2 amide bonds. The standard InChI is InChI=1S/C16H23F3N4O3.CH2O2/c17-16(18,19)5-3-14(25)23-12-2-1-11(7-13(12)24)15(26)20-6-4-10-8-21-22-9-10;2-1-3/h8-9,11-13,24H,1-7H2,(H,20,26)(H,21,22)(H,23,25);1H,(H,2,3)/t11-,12-,13-;/m0./s1. The third-order valence-electron chi connectivity index (χ3n) is 4.44. The molecule has 1 heterocycles. The van der Waals surface area contributed by atoms with E-state index in [9.17, 15) is 27.9 Å². The van der Waals surface area contributed by atoms with Gasteiger partial charge < -0.3 is 20.8 Å². The molecule has 0 aliphatic heterocycles. The second-order valence-corrected chi connectivity index (χ2v) is 6.62. The molecule has 3 atom stereocenters. The second kappa shape index (κ2) is 12.0. The third kappa shape index (κ3) is 9.92. The summed E-state index contributed by atoms with van der Waals surface area (Å²) in [7, 11) is 0. The van der Waals surface area contributed by atoms with Crippen molar-refractivity contribution in [2.45, 2.75) is 56.8 Å². The monoisotopic (exact) mass is 422 g/mol. The van der Waals surface area contributed by atoms with Crippen molar-refractivity contribution in [1.82, 2.24) is 20.8 Å². The highest BCUT2D eigenvalue weighted by atomic mass is 19.4. The lowest BCUT2D eigenvalue weighted by atomic mass is 9.83. The summed E-state index contributed by atoms with van der Waals surface area (Å²) in [4.78, 5) is 32.1. The van der Waals surface area contributed by atoms with Gasteiger partial charge in [-0.15, -0.1) is 0 Å². The van der Waals surface area contributed by atoms with E-state index in [1.807, 2.05) is 0 Å². The number of carboxylic acid groups (broad SMARTS) is 1. The summed E-state index contributed by atoms with van der Waals surface area (Å²) in [6.45, 7) is 0.197. The first-order valence-corrected chi connectivity index (χ1v) is 9.03. The summed E-state index contributed by atoms with van der Waals surface area (Å²) in [5.74, 6) is -1.29. The smallest absolute Gasteiger partial charge is 0.389 e. The van der Waals surface area contributed by atoms with Crippen LogP contribution in [0, 0.1) is 5.92 Å². The molecular weight excluding hydrogens is 397 g/mol. The van der Waals surface area contributed by atoms with Gasteiger partial charge in [0.05, 0.1) is 24.8 Å². The predicted molar refractivity (Wildman–Crippen MR) is 94.6 cm³/mol. The summed E-state index contributed by atoms with van der Waals surface area (Å²) >= 11 is 0. The number of nitrogens with one attached hydrogen (secondary N) is 3. The molecule has 0 saturated heterocycles. The molecule has 12 heteroatoms. The molecule has 2 rings (SSSR count). The van der Waals surface area contributed by atoms with Gasteiger partial charge in [0, 0.05) is 25.1 Å². The summed E-state index contributed by atoms with van der Waals surface area (Å²) < 4.78 is 36.4. The van der Waals surface area contributed by atoms with Gasteiger partial charge in [-0.1, -0.05) is 0 Å². The van der Waals surface area contributed by atoms with Crippen LogP contribution in [0.2, 0.25) is 0 Å². The fourth-order valence-electron chi connectivity index (χ4n) is 2.98. The van der Waals surface area contributed by atoms with E-state index in [0.717, 1.165) is 5.56 Å². The molecule has 29 heavy (non-hydrogen) atoms. The van der Waals surface area contributed by atoms with Crippen molar-refractivity contribution < 1.29 is 37.8 Å². The van der Waals surface area contributed by atoms with Crippen molar-refractivity contribution in [2.24, 2.45) is 5.92 Å². The van der Waals surface area contributed by atoms with E-state index >= 15 is 0 Å². The number of nitrogens with zero attached hydrogens (tertiary/aromatic N) is 1. The summed E-state index contributed by atoms with van der Waals surface area (Å²) in [5.41, 5.74) is 0.968. The fourth-order valence-corrected chi connectivity index (χ4v) is 2.98. The highest BCUT2D eigenvalue weighted by Crippen LogP contribution is 2.26. The van der Waals surface area contributed by atoms with Gasteiger partial charge in [-0.25, -0.2) is 0 Å². The number of aliphatic hydroxyl groups excluding tert-OH is 1. The van der Waals surface area contributed by atoms with Gasteiger partial charge in [0.1, 0.15) is 0 Å². The predicted octanol–water partition coefficient (Wildman–Crippen LogP) is 0.758. The van der Waals surface area contributed by atoms with Gasteiger partial charge in [-0.2, -0.15) is 18.3 Å². The lowest BCUT2D eigenvalue weighted by Gasteiger charge is -2.33. The summed E-state index contributed by atoms with van der Waals surface area (Å²) in [5, 5.41) is 28.7. The number of amides is 2. The normalized spacial score (nSPS) is 21.4. The molecule has 1 aliphatic rings. The Morgan fingerprint density at radius 3 is 2.59 bits per heavy atom. The average Bonchev–Trinajstić information content (AvgIpc) is 3.15. The van der Waals surface area contributed by atoms with Crippen molar-refractivity contribution in [3.05, 3.63) is 18.0 Å². The Morgan fingerprint density at radius 1 is 1.34 bits per heavy atom. The summed E-state index contributed by atoms with van der Waals surface area (Å²) in [6, 6.07) is -0.620. The minimum absolute atomic E-state index is 0.168. The zero-order valence-corrected chi connectivity index (χ0v) is 15.6. The number of H-pyrrole nitrogens is 1. The second-order valence-electron chi connectivity index (χ2n) is 6.62. The number of alkyl halides is 3. The maximum absolute atomic E-state index is 12.2. The largest absolute Gasteiger partial charge is 0.483 e. The van der Waals surface area contributed by atoms with Crippen LogP contribution in [0.25, 0.3) is 0 Å². The molecule has 1 fully saturated rings. The maximum Gasteiger partial charge on any atom is 0.389 e. The van der Waals surface area contributed by atoms with Crippen molar-refractivity contribution in [2.75, 3.05) is 6.54 Å². The fraction of sp³-hybridized carbons (Fsp3) is 0.647. The highest BCUT2D eigenvalue weighted by Gasteiger charge is 2.34. The Labute approximate surface area is 165 Å². The van der Waals surface area contributed by atoms with Crippen LogP contribution >= 0.6 is 0 Å². The van der Waals surface area contributed by atoms with Crippen molar-refractivity contribution in [3.8, 4) is 0 Å². The van der Waals surface area contributed by atoms with Gasteiger partial charge in [0.2, 0.25) is 11.8 Å². The molecule has 0 bridgehead atoms. The lowest BCUT2D eigenvalue weighted by molar-refractivity contribution is -0.145. The average molecular weight is 422 g/mol. The number of aromatic nitrogens is 2. The number of hydrogen-bond donors (Lipinski definition) is 5. The van der Waals surface area contributed by atoms with E-state index in [4.69, 9.17) is 9.90 Å². The van der Waals surface area contributed by atoms with Crippen LogP contribution < -0.4 is 10.6 Å². The quantitative estimate of drug-likeness (QED) is 0.410. The van der Waals surface area contributed by atoms with Gasteiger partial charge in [0.25, 0.3) is 6.47 Å². The Kier molecular flexibility index (Phi) is 10.1. The number of rotatable bonds is 7. The van der Waals surface area contributed by atoms with Crippen LogP contribution in [-0.4, -0.2) is 63.6 Å². The van der Waals surface area contributed by atoms with Crippen LogP contribution in [0.5, 0.6) is 0 Å². The van der Waals surface area contributed by atoms with Crippen LogP contribution in [-0.2, 0) is 20.8 Å². The Morgan fingerprint density at radius 2 is 2.03 bits per heavy atom. The topological polar surface area (TPSA) is 144 Å². The third-order valence-corrected chi connectivity index (χ3v) is 4.44. The molecule has 164 valence electrons. The molecule has 0 spiro atoms. The molecular formula is C17H25F3N4O5. The molecule has 0 unspecified atom stereocenters. The summed E-state index contributed by atoms with van der Waals surface area (Å²) in [6.07, 6.45) is -2.18. The van der Waals surface area contributed by atoms with E-state index in [0.29, 0.717) is 25.8 Å². The number of aromatic amines is 1. The van der Waals surface area contributed by atoms with E-state index < -0.39 is 37.1 Å². The molecule has 1 aromatic heterocycles. The zero-order valence-electron chi connectivity index (χ0n) is 15.6. The minimum atomic E-state index is -4.39. The van der Waals surface area contributed by atoms with E-state index in [1.54, 1.807) is 12.4 Å². The van der Waals surface area contributed by atoms with Gasteiger partial charge in [-0.3, -0.25) is 19.5 Å². The number of carbonyl (C=O) groups excluding carboxylic acids is 2. The Hall–Kier alpha value is -2.63. The minimum Gasteiger partial charge on any atom is -0.483 e. The van der Waals surface area contributed by atoms with Crippen molar-refractivity contribution in [1.29, 1.82) is 0 Å². The van der Waals surface area contributed by atoms with Crippen molar-refractivity contribution in [3.63, 3.8) is 0 Å². The Bertz CT molecular complexity index is 640. The van der Waals surface area contributed by atoms with E-state index in [2.05, 4.69) is 20.8 Å². The molecule has 5 N–H and O–H groups in total. The van der Waals surface area contributed by atoms with Crippen LogP contribution in [0.1, 0.15) is 37.7 Å². The van der Waals surface area contributed by atoms with Gasteiger partial charge in [0.15, 0.2) is 0 Å². The van der Waals surface area contributed by atoms with Gasteiger partial charge in [-0.05, 0) is 31.2 Å². The molecule has 9 nitrogen and oxygen atoms in total. The zero-order chi connectivity index (χ0) is 21.9. The number of halogens is 3. The lowest BCUT2D eigenvalue weighted by Crippen LogP contribution is -2.49. The van der Waals surface area contributed by atoms with Crippen LogP contribution in [0.4, 0.5) is 13.2 Å². The first kappa shape index (κ1) is 24.4. The first-order valence-electron chi connectivity index (χ1n) is 9.03. The molecule has 0 aromatic carbocycles. The van der Waals surface area contributed by atoms with Crippen LogP contribution in [0.3, 0.4) is 0 Å². The molecule has 0 radical (unpaired) electrons. The number of carbonyl (C=O) groups is 3.